The van der Waals surface area contributed by atoms with Crippen LogP contribution in [-0.4, -0.2) is 18.2 Å². The summed E-state index contributed by atoms with van der Waals surface area (Å²) in [6.07, 6.45) is 0.0791. The van der Waals surface area contributed by atoms with Gasteiger partial charge in [0.25, 0.3) is 0 Å². The van der Waals surface area contributed by atoms with E-state index in [1.165, 1.54) is 0 Å². The SMILES string of the molecule is COc1ccc(C(CC(=O)O)c2ccccc2)cc1C. The number of hydrogen-bond donors (Lipinski definition) is 1. The molecule has 3 heteroatoms. The molecule has 0 aliphatic carbocycles. The minimum absolute atomic E-state index is 0.0791. The zero-order valence-corrected chi connectivity index (χ0v) is 11.7. The van der Waals surface area contributed by atoms with E-state index in [2.05, 4.69) is 0 Å². The molecule has 2 aromatic carbocycles. The van der Waals surface area contributed by atoms with E-state index in [1.54, 1.807) is 7.11 Å². The minimum atomic E-state index is -0.799. The number of hydrogen-bond acceptors (Lipinski definition) is 2. The highest BCUT2D eigenvalue weighted by Crippen LogP contribution is 2.31. The van der Waals surface area contributed by atoms with Gasteiger partial charge in [-0.25, -0.2) is 0 Å². The maximum atomic E-state index is 11.1. The molecule has 0 spiro atoms. The molecule has 0 amide bonds. The molecule has 2 rings (SSSR count). The lowest BCUT2D eigenvalue weighted by molar-refractivity contribution is -0.137. The van der Waals surface area contributed by atoms with E-state index in [4.69, 9.17) is 9.84 Å². The maximum absolute atomic E-state index is 11.1. The van der Waals surface area contributed by atoms with Gasteiger partial charge >= 0.3 is 5.97 Å². The molecule has 1 atom stereocenters. The standard InChI is InChI=1S/C17H18O3/c1-12-10-14(8-9-16(12)20-2)15(11-17(18)19)13-6-4-3-5-7-13/h3-10,15H,11H2,1-2H3,(H,18,19). The summed E-state index contributed by atoms with van der Waals surface area (Å²) in [5.74, 6) is -0.124. The van der Waals surface area contributed by atoms with Gasteiger partial charge in [-0.1, -0.05) is 42.5 Å². The van der Waals surface area contributed by atoms with Crippen molar-refractivity contribution in [3.05, 3.63) is 65.2 Å². The van der Waals surface area contributed by atoms with Gasteiger partial charge in [0.1, 0.15) is 5.75 Å². The first-order chi connectivity index (χ1) is 9.61. The Morgan fingerprint density at radius 3 is 2.40 bits per heavy atom. The van der Waals surface area contributed by atoms with Crippen molar-refractivity contribution < 1.29 is 14.6 Å². The Kier molecular flexibility index (Phi) is 4.41. The van der Waals surface area contributed by atoms with Crippen molar-refractivity contribution in [1.29, 1.82) is 0 Å². The van der Waals surface area contributed by atoms with Gasteiger partial charge < -0.3 is 9.84 Å². The summed E-state index contributed by atoms with van der Waals surface area (Å²) in [6.45, 7) is 1.96. The molecule has 0 aliphatic rings. The molecule has 0 radical (unpaired) electrons. The number of rotatable bonds is 5. The summed E-state index contributed by atoms with van der Waals surface area (Å²) in [4.78, 5) is 11.1. The number of carboxylic acids is 1. The Morgan fingerprint density at radius 2 is 1.85 bits per heavy atom. The Labute approximate surface area is 118 Å². The quantitative estimate of drug-likeness (QED) is 0.902. The van der Waals surface area contributed by atoms with E-state index in [9.17, 15) is 4.79 Å². The van der Waals surface area contributed by atoms with Gasteiger partial charge in [-0.2, -0.15) is 0 Å². The molecule has 104 valence electrons. The van der Waals surface area contributed by atoms with Crippen LogP contribution < -0.4 is 4.74 Å². The smallest absolute Gasteiger partial charge is 0.304 e. The van der Waals surface area contributed by atoms with Crippen LogP contribution in [0.3, 0.4) is 0 Å². The minimum Gasteiger partial charge on any atom is -0.496 e. The average molecular weight is 270 g/mol. The molecule has 0 saturated heterocycles. The molecule has 20 heavy (non-hydrogen) atoms. The number of ether oxygens (including phenoxy) is 1. The van der Waals surface area contributed by atoms with Gasteiger partial charge in [-0.05, 0) is 29.7 Å². The Morgan fingerprint density at radius 1 is 1.15 bits per heavy atom. The van der Waals surface area contributed by atoms with Crippen molar-refractivity contribution in [2.24, 2.45) is 0 Å². The predicted octanol–water partition coefficient (Wildman–Crippen LogP) is 3.61. The molecule has 0 aliphatic heterocycles. The first-order valence-electron chi connectivity index (χ1n) is 6.53. The second kappa shape index (κ2) is 6.24. The van der Waals surface area contributed by atoms with Crippen LogP contribution in [0.5, 0.6) is 5.75 Å². The maximum Gasteiger partial charge on any atom is 0.304 e. The van der Waals surface area contributed by atoms with E-state index in [0.717, 1.165) is 22.4 Å². The van der Waals surface area contributed by atoms with Gasteiger partial charge in [-0.15, -0.1) is 0 Å². The predicted molar refractivity (Wildman–Crippen MR) is 78.3 cm³/mol. The van der Waals surface area contributed by atoms with Crippen LogP contribution in [0.25, 0.3) is 0 Å². The van der Waals surface area contributed by atoms with Gasteiger partial charge in [0, 0.05) is 5.92 Å². The number of aryl methyl sites for hydroxylation is 1. The largest absolute Gasteiger partial charge is 0.496 e. The highest BCUT2D eigenvalue weighted by atomic mass is 16.5. The summed E-state index contributed by atoms with van der Waals surface area (Å²) in [5.41, 5.74) is 3.02. The molecule has 0 fully saturated rings. The molecule has 0 bridgehead atoms. The van der Waals surface area contributed by atoms with Gasteiger partial charge in [-0.3, -0.25) is 4.79 Å². The van der Waals surface area contributed by atoms with Crippen LogP contribution in [-0.2, 0) is 4.79 Å². The van der Waals surface area contributed by atoms with Crippen LogP contribution in [0.1, 0.15) is 29.0 Å². The number of carbonyl (C=O) groups is 1. The first-order valence-corrected chi connectivity index (χ1v) is 6.53. The highest BCUT2D eigenvalue weighted by Gasteiger charge is 2.18. The lowest BCUT2D eigenvalue weighted by Gasteiger charge is -2.17. The average Bonchev–Trinajstić information content (AvgIpc) is 2.45. The van der Waals surface area contributed by atoms with Crippen LogP contribution >= 0.6 is 0 Å². The molecule has 1 N–H and O–H groups in total. The van der Waals surface area contributed by atoms with Crippen molar-refractivity contribution in [3.8, 4) is 5.75 Å². The third-order valence-corrected chi connectivity index (χ3v) is 3.40. The van der Waals surface area contributed by atoms with E-state index >= 15 is 0 Å². The first kappa shape index (κ1) is 14.1. The second-order valence-corrected chi connectivity index (χ2v) is 4.79. The van der Waals surface area contributed by atoms with Crippen LogP contribution in [0.15, 0.2) is 48.5 Å². The van der Waals surface area contributed by atoms with Crippen molar-refractivity contribution in [2.45, 2.75) is 19.3 Å². The summed E-state index contributed by atoms with van der Waals surface area (Å²) >= 11 is 0. The summed E-state index contributed by atoms with van der Waals surface area (Å²) in [6, 6.07) is 15.6. The van der Waals surface area contributed by atoms with Crippen molar-refractivity contribution in [1.82, 2.24) is 0 Å². The van der Waals surface area contributed by atoms with E-state index in [-0.39, 0.29) is 12.3 Å². The third-order valence-electron chi connectivity index (χ3n) is 3.40. The molecular formula is C17H18O3. The summed E-state index contributed by atoms with van der Waals surface area (Å²) in [5, 5.41) is 9.15. The number of benzene rings is 2. The number of carboxylic acid groups (broad SMARTS) is 1. The van der Waals surface area contributed by atoms with Gasteiger partial charge in [0.2, 0.25) is 0 Å². The van der Waals surface area contributed by atoms with E-state index in [0.29, 0.717) is 0 Å². The Bertz CT molecular complexity index is 590. The molecular weight excluding hydrogens is 252 g/mol. The molecule has 1 unspecified atom stereocenters. The Balaban J connectivity index is 2.41. The molecule has 3 nitrogen and oxygen atoms in total. The van der Waals surface area contributed by atoms with Crippen molar-refractivity contribution >= 4 is 5.97 Å². The third kappa shape index (κ3) is 3.18. The van der Waals surface area contributed by atoms with Crippen LogP contribution in [0.2, 0.25) is 0 Å². The van der Waals surface area contributed by atoms with Gasteiger partial charge in [0.15, 0.2) is 0 Å². The normalized spacial score (nSPS) is 11.9. The van der Waals surface area contributed by atoms with Crippen molar-refractivity contribution in [3.63, 3.8) is 0 Å². The highest BCUT2D eigenvalue weighted by molar-refractivity contribution is 5.69. The lowest BCUT2D eigenvalue weighted by Crippen LogP contribution is -2.08. The Hall–Kier alpha value is -2.29. The molecule has 0 aromatic heterocycles. The summed E-state index contributed by atoms with van der Waals surface area (Å²) < 4.78 is 5.25. The second-order valence-electron chi connectivity index (χ2n) is 4.79. The van der Waals surface area contributed by atoms with Crippen molar-refractivity contribution in [2.75, 3.05) is 7.11 Å². The van der Waals surface area contributed by atoms with E-state index in [1.807, 2.05) is 55.5 Å². The molecule has 0 saturated carbocycles. The van der Waals surface area contributed by atoms with E-state index < -0.39 is 5.97 Å². The fourth-order valence-electron chi connectivity index (χ4n) is 2.41. The number of methoxy groups -OCH3 is 1. The zero-order valence-electron chi connectivity index (χ0n) is 11.7. The summed E-state index contributed by atoms with van der Waals surface area (Å²) in [7, 11) is 1.63. The topological polar surface area (TPSA) is 46.5 Å². The van der Waals surface area contributed by atoms with Crippen LogP contribution in [0.4, 0.5) is 0 Å². The fraction of sp³-hybridized carbons (Fsp3) is 0.235. The van der Waals surface area contributed by atoms with Gasteiger partial charge in [0.05, 0.1) is 13.5 Å². The molecule has 0 heterocycles. The lowest BCUT2D eigenvalue weighted by atomic mass is 9.88. The number of aliphatic carboxylic acids is 1. The monoisotopic (exact) mass is 270 g/mol. The van der Waals surface area contributed by atoms with Crippen LogP contribution in [0, 0.1) is 6.92 Å². The fourth-order valence-corrected chi connectivity index (χ4v) is 2.41. The molecule has 2 aromatic rings. The zero-order chi connectivity index (χ0) is 14.5.